The maximum absolute atomic E-state index is 13.9. The average Bonchev–Trinajstić information content (AvgIpc) is 3.23. The van der Waals surface area contributed by atoms with Gasteiger partial charge in [0.25, 0.3) is 0 Å². The summed E-state index contributed by atoms with van der Waals surface area (Å²) < 4.78 is 6.20. The molecule has 6 rings (SSSR count). The standard InChI is InChI=1S/C34H42BNO5/c1-3-9-23-19-27-32(34(39)36(33(27)38)24-10-5-4-6-11-24)28-20-35(40)41-30(31(23)28)17-14-21(2)18-22-15-16-29(37)26-13-8-7-12-25(22)26/h7-8,12-13,15-16,18,24,27-28,30,32,37,40H,3-6,9-11,14,17,19-20H2,1-2H3/b21-18+/t27-,28+,30-,32-/m1/s1. The van der Waals surface area contributed by atoms with Crippen molar-refractivity contribution in [2.75, 3.05) is 0 Å². The highest BCUT2D eigenvalue weighted by molar-refractivity contribution is 6.43. The second-order valence-electron chi connectivity index (χ2n) is 12.7. The molecule has 2 aliphatic heterocycles. The van der Waals surface area contributed by atoms with Crippen molar-refractivity contribution < 1.29 is 24.4 Å². The number of imide groups is 1. The third-order valence-electron chi connectivity index (χ3n) is 9.97. The number of allylic oxidation sites excluding steroid dienone is 2. The molecule has 216 valence electrons. The quantitative estimate of drug-likeness (QED) is 0.227. The van der Waals surface area contributed by atoms with E-state index in [0.717, 1.165) is 61.3 Å². The highest BCUT2D eigenvalue weighted by Crippen LogP contribution is 2.52. The number of benzene rings is 2. The Bertz CT molecular complexity index is 1390. The van der Waals surface area contributed by atoms with E-state index in [1.165, 1.54) is 23.1 Å². The first-order valence-corrected chi connectivity index (χ1v) is 15.7. The summed E-state index contributed by atoms with van der Waals surface area (Å²) in [5, 5.41) is 23.0. The third kappa shape index (κ3) is 5.28. The summed E-state index contributed by atoms with van der Waals surface area (Å²) >= 11 is 0. The fraction of sp³-hybridized carbons (Fsp3) is 0.529. The lowest BCUT2D eigenvalue weighted by atomic mass is 9.58. The summed E-state index contributed by atoms with van der Waals surface area (Å²) in [5.74, 6) is -0.514. The number of aromatic hydroxyl groups is 1. The Morgan fingerprint density at radius 3 is 2.56 bits per heavy atom. The summed E-state index contributed by atoms with van der Waals surface area (Å²) in [6.45, 7) is 4.27. The molecule has 1 saturated carbocycles. The number of hydrogen-bond donors (Lipinski definition) is 2. The van der Waals surface area contributed by atoms with Crippen molar-refractivity contribution in [3.8, 4) is 5.75 Å². The van der Waals surface area contributed by atoms with Crippen LogP contribution in [0.2, 0.25) is 6.32 Å². The SMILES string of the molecule is CCCC1=C2[C@@H](CC/C(C)=C/c3ccc(O)c4ccccc34)OB(O)C[C@@H]2[C@@H]2C(=O)N(C3CCCCC3)C(=O)[C@@H]2C1. The molecule has 0 radical (unpaired) electrons. The Balaban J connectivity index is 1.26. The minimum absolute atomic E-state index is 0.00640. The van der Waals surface area contributed by atoms with E-state index < -0.39 is 7.12 Å². The minimum Gasteiger partial charge on any atom is -0.507 e. The Morgan fingerprint density at radius 2 is 1.80 bits per heavy atom. The molecule has 6 nitrogen and oxygen atoms in total. The van der Waals surface area contributed by atoms with Crippen LogP contribution in [0.1, 0.15) is 83.6 Å². The zero-order valence-corrected chi connectivity index (χ0v) is 24.4. The zero-order valence-electron chi connectivity index (χ0n) is 24.4. The van der Waals surface area contributed by atoms with E-state index >= 15 is 0 Å². The number of amides is 2. The van der Waals surface area contributed by atoms with Crippen LogP contribution in [0, 0.1) is 17.8 Å². The van der Waals surface area contributed by atoms with E-state index in [1.807, 2.05) is 30.3 Å². The van der Waals surface area contributed by atoms with E-state index in [0.29, 0.717) is 19.2 Å². The van der Waals surface area contributed by atoms with Gasteiger partial charge < -0.3 is 14.8 Å². The first-order chi connectivity index (χ1) is 19.9. The number of rotatable bonds is 7. The average molecular weight is 556 g/mol. The predicted octanol–water partition coefficient (Wildman–Crippen LogP) is 6.66. The Kier molecular flexibility index (Phi) is 8.11. The van der Waals surface area contributed by atoms with Gasteiger partial charge in [-0.3, -0.25) is 14.5 Å². The number of carbonyl (C=O) groups excluding carboxylic acids is 2. The van der Waals surface area contributed by atoms with E-state index in [9.17, 15) is 19.7 Å². The number of phenolic OH excluding ortho intramolecular Hbond substituents is 1. The molecule has 7 heteroatoms. The smallest absolute Gasteiger partial charge is 0.455 e. The summed E-state index contributed by atoms with van der Waals surface area (Å²) in [4.78, 5) is 29.3. The normalized spacial score (nSPS) is 27.5. The second kappa shape index (κ2) is 11.8. The minimum atomic E-state index is -0.938. The van der Waals surface area contributed by atoms with Gasteiger partial charge in [0.15, 0.2) is 0 Å². The molecule has 0 spiro atoms. The molecule has 4 aliphatic rings. The largest absolute Gasteiger partial charge is 0.507 e. The van der Waals surface area contributed by atoms with Gasteiger partial charge in [-0.15, -0.1) is 0 Å². The second-order valence-corrected chi connectivity index (χ2v) is 12.7. The topological polar surface area (TPSA) is 87.1 Å². The molecule has 2 N–H and O–H groups in total. The summed E-state index contributed by atoms with van der Waals surface area (Å²) in [6.07, 6.45) is 11.4. The first-order valence-electron chi connectivity index (χ1n) is 15.7. The van der Waals surface area contributed by atoms with Crippen molar-refractivity contribution >= 4 is 35.8 Å². The molecule has 3 fully saturated rings. The van der Waals surface area contributed by atoms with Crippen molar-refractivity contribution in [2.24, 2.45) is 17.8 Å². The third-order valence-corrected chi connectivity index (χ3v) is 9.97. The van der Waals surface area contributed by atoms with Crippen LogP contribution >= 0.6 is 0 Å². The van der Waals surface area contributed by atoms with Crippen molar-refractivity contribution in [2.45, 2.75) is 96.5 Å². The van der Waals surface area contributed by atoms with Gasteiger partial charge in [-0.25, -0.2) is 0 Å². The van der Waals surface area contributed by atoms with Gasteiger partial charge in [0.1, 0.15) is 5.75 Å². The number of nitrogens with zero attached hydrogens (tertiary/aromatic N) is 1. The van der Waals surface area contributed by atoms with Crippen LogP contribution in [-0.2, 0) is 14.2 Å². The number of fused-ring (bicyclic) bond motifs is 4. The van der Waals surface area contributed by atoms with Crippen LogP contribution in [0.5, 0.6) is 5.75 Å². The zero-order chi connectivity index (χ0) is 28.7. The van der Waals surface area contributed by atoms with Gasteiger partial charge in [0.2, 0.25) is 11.8 Å². The number of hydrogen-bond acceptors (Lipinski definition) is 5. The molecule has 4 atom stereocenters. The van der Waals surface area contributed by atoms with Gasteiger partial charge in [-0.1, -0.05) is 80.2 Å². The van der Waals surface area contributed by atoms with Gasteiger partial charge in [-0.05, 0) is 80.3 Å². The molecule has 2 heterocycles. The van der Waals surface area contributed by atoms with Crippen molar-refractivity contribution in [3.63, 3.8) is 0 Å². The maximum Gasteiger partial charge on any atom is 0.455 e. The van der Waals surface area contributed by atoms with E-state index in [4.69, 9.17) is 4.65 Å². The molecule has 0 aromatic heterocycles. The van der Waals surface area contributed by atoms with Crippen LogP contribution in [0.4, 0.5) is 0 Å². The fourth-order valence-corrected chi connectivity index (χ4v) is 8.15. The highest BCUT2D eigenvalue weighted by atomic mass is 16.5. The summed E-state index contributed by atoms with van der Waals surface area (Å²) in [7, 11) is -0.938. The molecule has 2 aromatic carbocycles. The Hall–Kier alpha value is -2.90. The lowest BCUT2D eigenvalue weighted by Crippen LogP contribution is -2.46. The lowest BCUT2D eigenvalue weighted by molar-refractivity contribution is -0.143. The van der Waals surface area contributed by atoms with Crippen LogP contribution in [-0.4, -0.2) is 46.1 Å². The van der Waals surface area contributed by atoms with Gasteiger partial charge in [0, 0.05) is 11.4 Å². The van der Waals surface area contributed by atoms with Crippen molar-refractivity contribution in [1.29, 1.82) is 0 Å². The molecule has 2 aliphatic carbocycles. The number of carbonyl (C=O) groups is 2. The molecule has 2 amide bonds. The van der Waals surface area contributed by atoms with Gasteiger partial charge >= 0.3 is 7.12 Å². The molecule has 2 saturated heterocycles. The Labute approximate surface area is 243 Å². The predicted molar refractivity (Wildman–Crippen MR) is 162 cm³/mol. The summed E-state index contributed by atoms with van der Waals surface area (Å²) in [5.41, 5.74) is 4.70. The van der Waals surface area contributed by atoms with Gasteiger partial charge in [0.05, 0.1) is 17.9 Å². The lowest BCUT2D eigenvalue weighted by Gasteiger charge is -2.43. The highest BCUT2D eigenvalue weighted by Gasteiger charge is 2.58. The fourth-order valence-electron chi connectivity index (χ4n) is 8.15. The van der Waals surface area contributed by atoms with Crippen LogP contribution in [0.15, 0.2) is 53.1 Å². The summed E-state index contributed by atoms with van der Waals surface area (Å²) in [6, 6.07) is 11.6. The molecule has 0 unspecified atom stereocenters. The molecule has 0 bridgehead atoms. The van der Waals surface area contributed by atoms with Crippen LogP contribution in [0.3, 0.4) is 0 Å². The number of likely N-dealkylation sites (tertiary alicyclic amines) is 1. The molecular formula is C34H42BNO5. The molecular weight excluding hydrogens is 513 g/mol. The molecule has 2 aromatic rings. The first kappa shape index (κ1) is 28.2. The number of phenols is 1. The van der Waals surface area contributed by atoms with Gasteiger partial charge in [-0.2, -0.15) is 0 Å². The maximum atomic E-state index is 13.9. The Morgan fingerprint density at radius 1 is 1.05 bits per heavy atom. The van der Waals surface area contributed by atoms with E-state index in [1.54, 1.807) is 11.0 Å². The van der Waals surface area contributed by atoms with E-state index in [2.05, 4.69) is 19.9 Å². The molecule has 41 heavy (non-hydrogen) atoms. The van der Waals surface area contributed by atoms with Crippen LogP contribution < -0.4 is 0 Å². The van der Waals surface area contributed by atoms with E-state index in [-0.39, 0.29) is 47.5 Å². The van der Waals surface area contributed by atoms with Crippen molar-refractivity contribution in [3.05, 3.63) is 58.7 Å². The van der Waals surface area contributed by atoms with Crippen LogP contribution in [0.25, 0.3) is 16.8 Å². The van der Waals surface area contributed by atoms with Crippen molar-refractivity contribution in [1.82, 2.24) is 4.90 Å². The monoisotopic (exact) mass is 555 g/mol.